The van der Waals surface area contributed by atoms with E-state index < -0.39 is 0 Å². The predicted octanol–water partition coefficient (Wildman–Crippen LogP) is 4.19. The number of carbonyl (C=O) groups excluding carboxylic acids is 1. The van der Waals surface area contributed by atoms with E-state index in [1.165, 1.54) is 5.56 Å². The number of hydrogen-bond acceptors (Lipinski definition) is 3. The number of benzene rings is 1. The molecule has 3 heteroatoms. The molecule has 1 aromatic rings. The van der Waals surface area contributed by atoms with E-state index in [-0.39, 0.29) is 26.7 Å². The molecule has 1 aromatic carbocycles. The number of methoxy groups -OCH3 is 1. The van der Waals surface area contributed by atoms with Gasteiger partial charge in [0, 0.05) is 25.0 Å². The van der Waals surface area contributed by atoms with Crippen molar-refractivity contribution in [1.82, 2.24) is 0 Å². The van der Waals surface area contributed by atoms with Gasteiger partial charge >= 0.3 is 0 Å². The van der Waals surface area contributed by atoms with Gasteiger partial charge in [-0.05, 0) is 12.5 Å². The predicted molar refractivity (Wildman–Crippen MR) is 82.2 cm³/mol. The van der Waals surface area contributed by atoms with E-state index in [2.05, 4.69) is 12.1 Å². The molecule has 0 saturated heterocycles. The number of ether oxygens (including phenoxy) is 1. The van der Waals surface area contributed by atoms with Crippen LogP contribution in [0.2, 0.25) is 0 Å². The van der Waals surface area contributed by atoms with Crippen LogP contribution in [-0.4, -0.2) is 24.7 Å². The van der Waals surface area contributed by atoms with Gasteiger partial charge in [0.15, 0.2) is 0 Å². The minimum Gasteiger partial charge on any atom is -0.380 e. The average Bonchev–Trinajstić information content (AvgIpc) is 2.28. The molecule has 0 aliphatic heterocycles. The van der Waals surface area contributed by atoms with Gasteiger partial charge in [0.1, 0.15) is 5.78 Å². The van der Waals surface area contributed by atoms with E-state index in [0.29, 0.717) is 6.42 Å². The Morgan fingerprint density at radius 3 is 2.39 bits per heavy atom. The number of thioether (sulfide) groups is 1. The summed E-state index contributed by atoms with van der Waals surface area (Å²) in [6.45, 7) is 1.61. The van der Waals surface area contributed by atoms with Gasteiger partial charge in [0.25, 0.3) is 0 Å². The Morgan fingerprint density at radius 1 is 1.28 bits per heavy atom. The van der Waals surface area contributed by atoms with E-state index in [1.54, 1.807) is 25.8 Å². The molecule has 18 heavy (non-hydrogen) atoms. The van der Waals surface area contributed by atoms with Crippen molar-refractivity contribution in [1.29, 1.82) is 0 Å². The second-order valence-corrected chi connectivity index (χ2v) is 4.79. The Bertz CT molecular complexity index is 312. The number of carbonyl (C=O) groups is 1. The average molecular weight is 270 g/mol. The summed E-state index contributed by atoms with van der Waals surface area (Å²) in [6.07, 6.45) is 0.560. The maximum Gasteiger partial charge on any atom is 0.132 e. The molecule has 0 radical (unpaired) electrons. The molecule has 0 heterocycles. The van der Waals surface area contributed by atoms with Crippen molar-refractivity contribution in [2.24, 2.45) is 0 Å². The van der Waals surface area contributed by atoms with Crippen molar-refractivity contribution < 1.29 is 9.53 Å². The van der Waals surface area contributed by atoms with Crippen LogP contribution >= 0.6 is 11.8 Å². The highest BCUT2D eigenvalue weighted by atomic mass is 32.2. The summed E-state index contributed by atoms with van der Waals surface area (Å²) < 4.78 is 5.26. The van der Waals surface area contributed by atoms with Crippen molar-refractivity contribution in [3.63, 3.8) is 0 Å². The molecule has 0 amide bonds. The first-order chi connectivity index (χ1) is 7.72. The largest absolute Gasteiger partial charge is 0.380 e. The fourth-order valence-electron chi connectivity index (χ4n) is 1.41. The minimum absolute atomic E-state index is 0. The van der Waals surface area contributed by atoms with Crippen LogP contribution in [0.3, 0.4) is 0 Å². The first-order valence-corrected chi connectivity index (χ1v) is 6.51. The normalized spacial score (nSPS) is 11.0. The topological polar surface area (TPSA) is 26.3 Å². The second-order valence-electron chi connectivity index (χ2n) is 3.76. The lowest BCUT2D eigenvalue weighted by Crippen LogP contribution is -2.17. The maximum atomic E-state index is 11.0. The van der Waals surface area contributed by atoms with Crippen molar-refractivity contribution in [2.75, 3.05) is 12.9 Å². The number of rotatable bonds is 7. The van der Waals surface area contributed by atoms with Crippen LogP contribution in [0, 0.1) is 0 Å². The summed E-state index contributed by atoms with van der Waals surface area (Å²) in [5.41, 5.74) is 1.31. The standard InChI is InChI=1S/C13H18O2S.2CH4/c1-11(14)8-13(15-2)10-16-9-12-6-4-3-5-7-12;;/h3-7,13H,8-10H2,1-2H3;2*1H4. The summed E-state index contributed by atoms with van der Waals surface area (Å²) in [6, 6.07) is 10.3. The molecule has 104 valence electrons. The zero-order chi connectivity index (χ0) is 11.8. The summed E-state index contributed by atoms with van der Waals surface area (Å²) in [7, 11) is 1.66. The molecule has 0 fully saturated rings. The zero-order valence-electron chi connectivity index (χ0n) is 9.81. The van der Waals surface area contributed by atoms with E-state index in [1.807, 2.05) is 18.2 Å². The first kappa shape index (κ1) is 19.5. The molecule has 0 spiro atoms. The van der Waals surface area contributed by atoms with Gasteiger partial charge < -0.3 is 4.74 Å². The lowest BCUT2D eigenvalue weighted by Gasteiger charge is -2.12. The highest BCUT2D eigenvalue weighted by molar-refractivity contribution is 7.98. The molecule has 1 atom stereocenters. The number of hydrogen-bond donors (Lipinski definition) is 0. The Kier molecular flexibility index (Phi) is 12.3. The molecular weight excluding hydrogens is 244 g/mol. The molecule has 1 unspecified atom stereocenters. The van der Waals surface area contributed by atoms with Crippen LogP contribution in [0.1, 0.15) is 33.8 Å². The number of Topliss-reactive ketones (excluding diaryl/α,β-unsaturated/α-hetero) is 1. The molecular formula is C15H26O2S. The summed E-state index contributed by atoms with van der Waals surface area (Å²) in [5.74, 6) is 2.02. The van der Waals surface area contributed by atoms with Crippen LogP contribution < -0.4 is 0 Å². The van der Waals surface area contributed by atoms with Gasteiger partial charge in [-0.2, -0.15) is 11.8 Å². The van der Waals surface area contributed by atoms with Gasteiger partial charge in [-0.25, -0.2) is 0 Å². The molecule has 0 aliphatic rings. The zero-order valence-corrected chi connectivity index (χ0v) is 10.6. The Balaban J connectivity index is 0. The molecule has 0 saturated carbocycles. The van der Waals surface area contributed by atoms with Gasteiger partial charge in [-0.1, -0.05) is 45.2 Å². The van der Waals surface area contributed by atoms with Crippen LogP contribution in [-0.2, 0) is 15.3 Å². The van der Waals surface area contributed by atoms with Crippen LogP contribution in [0.15, 0.2) is 30.3 Å². The molecule has 0 bridgehead atoms. The smallest absolute Gasteiger partial charge is 0.132 e. The monoisotopic (exact) mass is 270 g/mol. The van der Waals surface area contributed by atoms with Crippen LogP contribution in [0.4, 0.5) is 0 Å². The molecule has 0 aromatic heterocycles. The summed E-state index contributed by atoms with van der Waals surface area (Å²) >= 11 is 1.80. The SMILES string of the molecule is C.C.COC(CSCc1ccccc1)CC(C)=O. The Morgan fingerprint density at radius 2 is 1.89 bits per heavy atom. The summed E-state index contributed by atoms with van der Waals surface area (Å²) in [4.78, 5) is 11.0. The maximum absolute atomic E-state index is 11.0. The van der Waals surface area contributed by atoms with Gasteiger partial charge in [0.2, 0.25) is 0 Å². The van der Waals surface area contributed by atoms with Crippen LogP contribution in [0.5, 0.6) is 0 Å². The highest BCUT2D eigenvalue weighted by Gasteiger charge is 2.09. The molecule has 0 N–H and O–H groups in total. The fourth-order valence-corrected chi connectivity index (χ4v) is 2.48. The van der Waals surface area contributed by atoms with Crippen molar-refractivity contribution in [2.45, 2.75) is 40.1 Å². The summed E-state index contributed by atoms with van der Waals surface area (Å²) in [5, 5.41) is 0. The van der Waals surface area contributed by atoms with E-state index in [0.717, 1.165) is 11.5 Å². The Hall–Kier alpha value is -0.800. The van der Waals surface area contributed by atoms with Crippen molar-refractivity contribution >= 4 is 17.5 Å². The molecule has 1 rings (SSSR count). The minimum atomic E-state index is 0. The van der Waals surface area contributed by atoms with Crippen molar-refractivity contribution in [3.8, 4) is 0 Å². The molecule has 0 aliphatic carbocycles. The lowest BCUT2D eigenvalue weighted by molar-refractivity contribution is -0.119. The Labute approximate surface area is 116 Å². The van der Waals surface area contributed by atoms with Crippen LogP contribution in [0.25, 0.3) is 0 Å². The first-order valence-electron chi connectivity index (χ1n) is 5.36. The fraction of sp³-hybridized carbons (Fsp3) is 0.533. The molecule has 2 nitrogen and oxygen atoms in total. The quantitative estimate of drug-likeness (QED) is 0.743. The lowest BCUT2D eigenvalue weighted by atomic mass is 10.2. The third-order valence-electron chi connectivity index (χ3n) is 2.26. The van der Waals surface area contributed by atoms with Crippen molar-refractivity contribution in [3.05, 3.63) is 35.9 Å². The van der Waals surface area contributed by atoms with E-state index in [9.17, 15) is 4.79 Å². The second kappa shape index (κ2) is 11.3. The third-order valence-corrected chi connectivity index (χ3v) is 3.41. The van der Waals surface area contributed by atoms with E-state index in [4.69, 9.17) is 4.74 Å². The van der Waals surface area contributed by atoms with Gasteiger partial charge in [-0.15, -0.1) is 0 Å². The third kappa shape index (κ3) is 8.31. The highest BCUT2D eigenvalue weighted by Crippen LogP contribution is 2.15. The van der Waals surface area contributed by atoms with E-state index >= 15 is 0 Å². The van der Waals surface area contributed by atoms with Gasteiger partial charge in [0.05, 0.1) is 6.10 Å². The van der Waals surface area contributed by atoms with Gasteiger partial charge in [-0.3, -0.25) is 4.79 Å². The number of ketones is 1.